The van der Waals surface area contributed by atoms with Crippen molar-refractivity contribution >= 4 is 29.2 Å². The topological polar surface area (TPSA) is 38.8 Å². The van der Waals surface area contributed by atoms with E-state index >= 15 is 0 Å². The largest absolute Gasteiger partial charge is 0.371 e. The zero-order chi connectivity index (χ0) is 18.6. The van der Waals surface area contributed by atoms with Gasteiger partial charge >= 0.3 is 6.03 Å². The molecule has 3 aliphatic rings. The predicted molar refractivity (Wildman–Crippen MR) is 115 cm³/mol. The molecule has 27 heavy (non-hydrogen) atoms. The summed E-state index contributed by atoms with van der Waals surface area (Å²) >= 11 is 2.06. The van der Waals surface area contributed by atoms with Crippen molar-refractivity contribution in [2.75, 3.05) is 61.0 Å². The molecule has 6 heteroatoms. The Kier molecular flexibility index (Phi) is 6.13. The Morgan fingerprint density at radius 1 is 1.04 bits per heavy atom. The fourth-order valence-corrected chi connectivity index (χ4v) is 5.56. The van der Waals surface area contributed by atoms with Crippen LogP contribution in [-0.2, 0) is 0 Å². The van der Waals surface area contributed by atoms with Crippen molar-refractivity contribution in [1.82, 2.24) is 9.80 Å². The normalized spacial score (nSPS) is 22.3. The molecule has 1 aromatic carbocycles. The number of hydrogen-bond acceptors (Lipinski definition) is 4. The molecule has 0 saturated carbocycles. The van der Waals surface area contributed by atoms with Gasteiger partial charge in [0, 0.05) is 68.2 Å². The second kappa shape index (κ2) is 8.74. The van der Waals surface area contributed by atoms with Gasteiger partial charge in [0.25, 0.3) is 0 Å². The Bertz CT molecular complexity index is 648. The molecule has 0 spiro atoms. The number of anilines is 2. The highest BCUT2D eigenvalue weighted by molar-refractivity contribution is 7.99. The molecule has 5 nitrogen and oxygen atoms in total. The summed E-state index contributed by atoms with van der Waals surface area (Å²) in [6.07, 6.45) is 4.73. The number of piperidine rings is 1. The van der Waals surface area contributed by atoms with Crippen LogP contribution in [0.5, 0.6) is 0 Å². The summed E-state index contributed by atoms with van der Waals surface area (Å²) in [4.78, 5) is 19.9. The van der Waals surface area contributed by atoms with Crippen LogP contribution in [0.15, 0.2) is 18.2 Å². The zero-order valence-electron chi connectivity index (χ0n) is 16.5. The second-order valence-electron chi connectivity index (χ2n) is 7.94. The lowest BCUT2D eigenvalue weighted by Gasteiger charge is -2.40. The Morgan fingerprint density at radius 2 is 1.74 bits per heavy atom. The first-order valence-electron chi connectivity index (χ1n) is 10.4. The van der Waals surface area contributed by atoms with E-state index in [0.29, 0.717) is 6.04 Å². The molecule has 148 valence electrons. The molecule has 0 aliphatic carbocycles. The van der Waals surface area contributed by atoms with Gasteiger partial charge in [0.1, 0.15) is 0 Å². The summed E-state index contributed by atoms with van der Waals surface area (Å²) in [7, 11) is 0. The Labute approximate surface area is 167 Å². The fraction of sp³-hybridized carbons (Fsp3) is 0.667. The van der Waals surface area contributed by atoms with Crippen molar-refractivity contribution < 1.29 is 4.79 Å². The molecular weight excluding hydrogens is 356 g/mol. The average molecular weight is 389 g/mol. The van der Waals surface area contributed by atoms with Crippen LogP contribution < -0.4 is 10.2 Å². The SMILES string of the molecule is Cc1c(NC(=O)N2CCC(N3CCSCC3)CC2)cccc1N1CCCC1. The molecule has 0 unspecified atom stereocenters. The van der Waals surface area contributed by atoms with Crippen LogP contribution in [0.25, 0.3) is 0 Å². The molecule has 2 amide bonds. The van der Waals surface area contributed by atoms with Crippen molar-refractivity contribution in [3.05, 3.63) is 23.8 Å². The summed E-state index contributed by atoms with van der Waals surface area (Å²) in [5.74, 6) is 2.51. The summed E-state index contributed by atoms with van der Waals surface area (Å²) in [5, 5.41) is 3.18. The van der Waals surface area contributed by atoms with E-state index in [4.69, 9.17) is 0 Å². The summed E-state index contributed by atoms with van der Waals surface area (Å²) < 4.78 is 0. The van der Waals surface area contributed by atoms with Crippen LogP contribution in [0.4, 0.5) is 16.2 Å². The number of rotatable bonds is 3. The molecule has 1 N–H and O–H groups in total. The lowest BCUT2D eigenvalue weighted by Crippen LogP contribution is -2.49. The van der Waals surface area contributed by atoms with Gasteiger partial charge in [0.2, 0.25) is 0 Å². The quantitative estimate of drug-likeness (QED) is 0.858. The predicted octanol–water partition coefficient (Wildman–Crippen LogP) is 3.64. The number of nitrogens with one attached hydrogen (secondary N) is 1. The molecule has 3 aliphatic heterocycles. The highest BCUT2D eigenvalue weighted by Gasteiger charge is 2.28. The van der Waals surface area contributed by atoms with Gasteiger partial charge in [-0.15, -0.1) is 0 Å². The number of likely N-dealkylation sites (tertiary alicyclic amines) is 1. The first-order chi connectivity index (χ1) is 13.2. The van der Waals surface area contributed by atoms with Gasteiger partial charge in [-0.1, -0.05) is 6.07 Å². The number of carbonyl (C=O) groups excluding carboxylic acids is 1. The van der Waals surface area contributed by atoms with Crippen LogP contribution in [0.2, 0.25) is 0 Å². The number of benzene rings is 1. The smallest absolute Gasteiger partial charge is 0.321 e. The number of amides is 2. The van der Waals surface area contributed by atoms with Gasteiger partial charge in [0.05, 0.1) is 0 Å². The highest BCUT2D eigenvalue weighted by atomic mass is 32.2. The molecule has 3 saturated heterocycles. The van der Waals surface area contributed by atoms with Crippen molar-refractivity contribution in [1.29, 1.82) is 0 Å². The van der Waals surface area contributed by atoms with E-state index in [9.17, 15) is 4.79 Å². The minimum atomic E-state index is 0.0596. The van der Waals surface area contributed by atoms with Crippen LogP contribution in [-0.4, -0.2) is 72.6 Å². The van der Waals surface area contributed by atoms with Crippen molar-refractivity contribution in [3.63, 3.8) is 0 Å². The molecule has 1 aromatic rings. The van der Waals surface area contributed by atoms with E-state index < -0.39 is 0 Å². The van der Waals surface area contributed by atoms with E-state index in [-0.39, 0.29) is 6.03 Å². The summed E-state index contributed by atoms with van der Waals surface area (Å²) in [5.41, 5.74) is 3.42. The molecule has 3 heterocycles. The Morgan fingerprint density at radius 3 is 2.44 bits per heavy atom. The van der Waals surface area contributed by atoms with E-state index in [1.54, 1.807) is 0 Å². The molecule has 0 bridgehead atoms. The summed E-state index contributed by atoms with van der Waals surface area (Å²) in [6, 6.07) is 7.00. The van der Waals surface area contributed by atoms with Crippen LogP contribution >= 0.6 is 11.8 Å². The van der Waals surface area contributed by atoms with E-state index in [2.05, 4.69) is 45.9 Å². The van der Waals surface area contributed by atoms with Crippen LogP contribution in [0.3, 0.4) is 0 Å². The molecule has 0 radical (unpaired) electrons. The number of urea groups is 1. The monoisotopic (exact) mass is 388 g/mol. The first-order valence-corrected chi connectivity index (χ1v) is 11.6. The van der Waals surface area contributed by atoms with Gasteiger partial charge in [-0.05, 0) is 50.3 Å². The standard InChI is InChI=1S/C21H32N4OS/c1-17-19(5-4-6-20(17)24-9-2-3-10-24)22-21(26)25-11-7-18(8-12-25)23-13-15-27-16-14-23/h4-6,18H,2-3,7-16H2,1H3,(H,22,26). The number of thioether (sulfide) groups is 1. The molecule has 3 fully saturated rings. The maximum atomic E-state index is 12.8. The van der Waals surface area contributed by atoms with Gasteiger partial charge in [-0.25, -0.2) is 4.79 Å². The second-order valence-corrected chi connectivity index (χ2v) is 9.17. The van der Waals surface area contributed by atoms with Gasteiger partial charge in [-0.3, -0.25) is 4.90 Å². The van der Waals surface area contributed by atoms with E-state index in [1.165, 1.54) is 48.7 Å². The average Bonchev–Trinajstić information content (AvgIpc) is 3.25. The minimum absolute atomic E-state index is 0.0596. The third-order valence-electron chi connectivity index (χ3n) is 6.31. The zero-order valence-corrected chi connectivity index (χ0v) is 17.3. The number of carbonyl (C=O) groups is 1. The number of hydrogen-bond donors (Lipinski definition) is 1. The maximum absolute atomic E-state index is 12.8. The molecule has 4 rings (SSSR count). The first kappa shape index (κ1) is 18.9. The lowest BCUT2D eigenvalue weighted by molar-refractivity contribution is 0.130. The molecular formula is C21H32N4OS. The van der Waals surface area contributed by atoms with Crippen molar-refractivity contribution in [2.45, 2.75) is 38.6 Å². The Hall–Kier alpha value is -1.40. The van der Waals surface area contributed by atoms with Crippen molar-refractivity contribution in [3.8, 4) is 0 Å². The third-order valence-corrected chi connectivity index (χ3v) is 7.25. The van der Waals surface area contributed by atoms with E-state index in [1.807, 2.05) is 11.0 Å². The highest BCUT2D eigenvalue weighted by Crippen LogP contribution is 2.30. The fourth-order valence-electron chi connectivity index (χ4n) is 4.63. The van der Waals surface area contributed by atoms with Crippen LogP contribution in [0.1, 0.15) is 31.2 Å². The lowest BCUT2D eigenvalue weighted by atomic mass is 10.0. The minimum Gasteiger partial charge on any atom is -0.371 e. The van der Waals surface area contributed by atoms with Gasteiger partial charge in [-0.2, -0.15) is 11.8 Å². The van der Waals surface area contributed by atoms with E-state index in [0.717, 1.165) is 44.7 Å². The van der Waals surface area contributed by atoms with Gasteiger partial charge in [0.15, 0.2) is 0 Å². The summed E-state index contributed by atoms with van der Waals surface area (Å²) in [6.45, 7) is 8.54. The number of nitrogens with zero attached hydrogens (tertiary/aromatic N) is 3. The Balaban J connectivity index is 1.34. The maximum Gasteiger partial charge on any atom is 0.321 e. The van der Waals surface area contributed by atoms with Crippen molar-refractivity contribution in [2.24, 2.45) is 0 Å². The van der Waals surface area contributed by atoms with Crippen LogP contribution in [0, 0.1) is 6.92 Å². The molecule has 0 atom stereocenters. The van der Waals surface area contributed by atoms with Gasteiger partial charge < -0.3 is 15.1 Å². The molecule has 0 aromatic heterocycles. The third kappa shape index (κ3) is 4.37.